The SMILES string of the molecule is CC(C)C(CN)NC(=O)c1ccc(Br)o1. The van der Waals surface area contributed by atoms with Crippen LogP contribution in [-0.4, -0.2) is 18.5 Å². The highest BCUT2D eigenvalue weighted by Crippen LogP contribution is 2.14. The lowest BCUT2D eigenvalue weighted by molar-refractivity contribution is 0.0898. The fourth-order valence-electron chi connectivity index (χ4n) is 1.17. The van der Waals surface area contributed by atoms with Gasteiger partial charge in [-0.3, -0.25) is 4.79 Å². The van der Waals surface area contributed by atoms with Crippen LogP contribution in [-0.2, 0) is 0 Å². The molecule has 0 aliphatic carbocycles. The molecule has 0 radical (unpaired) electrons. The van der Waals surface area contributed by atoms with Crippen LogP contribution in [0.4, 0.5) is 0 Å². The predicted molar refractivity (Wildman–Crippen MR) is 61.6 cm³/mol. The largest absolute Gasteiger partial charge is 0.444 e. The van der Waals surface area contributed by atoms with Crippen LogP contribution in [0.3, 0.4) is 0 Å². The van der Waals surface area contributed by atoms with Gasteiger partial charge in [0.05, 0.1) is 0 Å². The third-order valence-corrected chi connectivity index (χ3v) is 2.60. The molecule has 1 heterocycles. The fraction of sp³-hybridized carbons (Fsp3) is 0.500. The number of rotatable bonds is 4. The first-order chi connectivity index (χ1) is 7.04. The van der Waals surface area contributed by atoms with Crippen LogP contribution >= 0.6 is 15.9 Å². The maximum atomic E-state index is 11.7. The molecule has 1 rings (SSSR count). The second-order valence-corrected chi connectivity index (χ2v) is 4.45. The Labute approximate surface area is 97.3 Å². The molecule has 84 valence electrons. The van der Waals surface area contributed by atoms with Crippen molar-refractivity contribution in [3.8, 4) is 0 Å². The number of carbonyl (C=O) groups excluding carboxylic acids is 1. The Bertz CT molecular complexity index is 336. The number of furan rings is 1. The molecule has 0 aromatic carbocycles. The lowest BCUT2D eigenvalue weighted by Gasteiger charge is -2.19. The van der Waals surface area contributed by atoms with Gasteiger partial charge in [0.1, 0.15) is 0 Å². The van der Waals surface area contributed by atoms with Gasteiger partial charge in [-0.2, -0.15) is 0 Å². The van der Waals surface area contributed by atoms with Gasteiger partial charge < -0.3 is 15.5 Å². The summed E-state index contributed by atoms with van der Waals surface area (Å²) in [6.45, 7) is 4.44. The average Bonchev–Trinajstić information content (AvgIpc) is 2.60. The summed E-state index contributed by atoms with van der Waals surface area (Å²) in [5.74, 6) is 0.364. The number of halogens is 1. The molecular formula is C10H15BrN2O2. The van der Waals surface area contributed by atoms with Crippen LogP contribution in [0.2, 0.25) is 0 Å². The lowest BCUT2D eigenvalue weighted by Crippen LogP contribution is -2.43. The van der Waals surface area contributed by atoms with Crippen LogP contribution in [0.25, 0.3) is 0 Å². The van der Waals surface area contributed by atoms with Crippen molar-refractivity contribution in [3.05, 3.63) is 22.6 Å². The van der Waals surface area contributed by atoms with Gasteiger partial charge in [-0.15, -0.1) is 0 Å². The minimum absolute atomic E-state index is 0.0265. The molecule has 0 saturated carbocycles. The number of amides is 1. The monoisotopic (exact) mass is 274 g/mol. The molecule has 5 heteroatoms. The molecule has 0 saturated heterocycles. The molecule has 1 aromatic heterocycles. The first kappa shape index (κ1) is 12.3. The highest BCUT2D eigenvalue weighted by molar-refractivity contribution is 9.10. The van der Waals surface area contributed by atoms with Crippen molar-refractivity contribution in [2.75, 3.05) is 6.54 Å². The van der Waals surface area contributed by atoms with E-state index < -0.39 is 0 Å². The van der Waals surface area contributed by atoms with Crippen LogP contribution in [0, 0.1) is 5.92 Å². The van der Waals surface area contributed by atoms with Gasteiger partial charge in [0.25, 0.3) is 5.91 Å². The van der Waals surface area contributed by atoms with Gasteiger partial charge in [-0.25, -0.2) is 0 Å². The van der Waals surface area contributed by atoms with Gasteiger partial charge in [0, 0.05) is 12.6 Å². The Kier molecular flexibility index (Phi) is 4.35. The van der Waals surface area contributed by atoms with E-state index in [1.54, 1.807) is 12.1 Å². The van der Waals surface area contributed by atoms with Crippen LogP contribution in [0.15, 0.2) is 21.2 Å². The van der Waals surface area contributed by atoms with Crippen LogP contribution in [0.5, 0.6) is 0 Å². The molecule has 0 spiro atoms. The van der Waals surface area contributed by atoms with E-state index in [0.717, 1.165) is 0 Å². The van der Waals surface area contributed by atoms with Crippen molar-refractivity contribution in [1.82, 2.24) is 5.32 Å². The highest BCUT2D eigenvalue weighted by atomic mass is 79.9. The molecule has 0 aliphatic rings. The van der Waals surface area contributed by atoms with Crippen LogP contribution in [0.1, 0.15) is 24.4 Å². The van der Waals surface area contributed by atoms with E-state index in [1.165, 1.54) is 0 Å². The van der Waals surface area contributed by atoms with E-state index in [1.807, 2.05) is 13.8 Å². The molecule has 0 aliphatic heterocycles. The minimum Gasteiger partial charge on any atom is -0.444 e. The summed E-state index contributed by atoms with van der Waals surface area (Å²) < 4.78 is 5.68. The van der Waals surface area contributed by atoms with Crippen molar-refractivity contribution in [2.45, 2.75) is 19.9 Å². The van der Waals surface area contributed by atoms with Crippen molar-refractivity contribution in [1.29, 1.82) is 0 Å². The molecule has 1 aromatic rings. The normalized spacial score (nSPS) is 12.9. The van der Waals surface area contributed by atoms with E-state index in [-0.39, 0.29) is 11.9 Å². The number of hydrogen-bond donors (Lipinski definition) is 2. The summed E-state index contributed by atoms with van der Waals surface area (Å²) >= 11 is 3.14. The van der Waals surface area contributed by atoms with Gasteiger partial charge in [-0.1, -0.05) is 13.8 Å². The summed E-state index contributed by atoms with van der Waals surface area (Å²) in [4.78, 5) is 11.7. The van der Waals surface area contributed by atoms with Gasteiger partial charge in [-0.05, 0) is 34.0 Å². The first-order valence-electron chi connectivity index (χ1n) is 4.81. The molecule has 4 nitrogen and oxygen atoms in total. The second-order valence-electron chi connectivity index (χ2n) is 3.66. The smallest absolute Gasteiger partial charge is 0.287 e. The molecular weight excluding hydrogens is 260 g/mol. The lowest BCUT2D eigenvalue weighted by atomic mass is 10.0. The standard InChI is InChI=1S/C10H15BrN2O2/c1-6(2)7(5-12)13-10(14)8-3-4-9(11)15-8/h3-4,6-7H,5,12H2,1-2H3,(H,13,14). The number of nitrogens with two attached hydrogens (primary N) is 1. The van der Waals surface area contributed by atoms with E-state index >= 15 is 0 Å². The first-order valence-corrected chi connectivity index (χ1v) is 5.60. The van der Waals surface area contributed by atoms with E-state index in [4.69, 9.17) is 10.2 Å². The Morgan fingerprint density at radius 1 is 1.60 bits per heavy atom. The van der Waals surface area contributed by atoms with Gasteiger partial charge in [0.2, 0.25) is 0 Å². The summed E-state index contributed by atoms with van der Waals surface area (Å²) in [5.41, 5.74) is 5.55. The van der Waals surface area contributed by atoms with E-state index in [2.05, 4.69) is 21.2 Å². The maximum absolute atomic E-state index is 11.7. The number of carbonyl (C=O) groups is 1. The quantitative estimate of drug-likeness (QED) is 0.879. The van der Waals surface area contributed by atoms with E-state index in [0.29, 0.717) is 22.9 Å². The Hall–Kier alpha value is -0.810. The summed E-state index contributed by atoms with van der Waals surface area (Å²) in [6, 6.07) is 3.27. The zero-order valence-corrected chi connectivity index (χ0v) is 10.4. The molecule has 0 fully saturated rings. The molecule has 1 amide bonds. The van der Waals surface area contributed by atoms with Crippen molar-refractivity contribution in [3.63, 3.8) is 0 Å². The number of nitrogens with one attached hydrogen (secondary N) is 1. The second kappa shape index (κ2) is 5.32. The minimum atomic E-state index is -0.232. The molecule has 1 unspecified atom stereocenters. The summed E-state index contributed by atoms with van der Waals surface area (Å²) in [5, 5.41) is 2.82. The van der Waals surface area contributed by atoms with Crippen molar-refractivity contribution >= 4 is 21.8 Å². The molecule has 0 bridgehead atoms. The Morgan fingerprint density at radius 2 is 2.27 bits per heavy atom. The van der Waals surface area contributed by atoms with Gasteiger partial charge >= 0.3 is 0 Å². The maximum Gasteiger partial charge on any atom is 0.287 e. The number of hydrogen-bond acceptors (Lipinski definition) is 3. The Balaban J connectivity index is 2.62. The fourth-order valence-corrected chi connectivity index (χ4v) is 1.48. The Morgan fingerprint density at radius 3 is 2.67 bits per heavy atom. The van der Waals surface area contributed by atoms with Crippen LogP contribution < -0.4 is 11.1 Å². The summed E-state index contributed by atoms with van der Waals surface area (Å²) in [7, 11) is 0. The third kappa shape index (κ3) is 3.35. The van der Waals surface area contributed by atoms with E-state index in [9.17, 15) is 4.79 Å². The molecule has 3 N–H and O–H groups in total. The highest BCUT2D eigenvalue weighted by Gasteiger charge is 2.17. The average molecular weight is 275 g/mol. The predicted octanol–water partition coefficient (Wildman–Crippen LogP) is 1.76. The zero-order valence-electron chi connectivity index (χ0n) is 8.79. The van der Waals surface area contributed by atoms with Gasteiger partial charge in [0.15, 0.2) is 10.4 Å². The van der Waals surface area contributed by atoms with Crippen molar-refractivity contribution in [2.24, 2.45) is 11.7 Å². The molecule has 15 heavy (non-hydrogen) atoms. The zero-order chi connectivity index (χ0) is 11.4. The van der Waals surface area contributed by atoms with Crippen molar-refractivity contribution < 1.29 is 9.21 Å². The third-order valence-electron chi connectivity index (χ3n) is 2.17. The summed E-state index contributed by atoms with van der Waals surface area (Å²) in [6.07, 6.45) is 0. The molecule has 1 atom stereocenters. The topological polar surface area (TPSA) is 68.3 Å².